The number of sulfone groups is 1. The maximum atomic E-state index is 12.3. The van der Waals surface area contributed by atoms with Crippen molar-refractivity contribution in [3.8, 4) is 33.6 Å². The molecule has 0 bridgehead atoms. The van der Waals surface area contributed by atoms with Crippen molar-refractivity contribution in [3.05, 3.63) is 96.5 Å². The highest BCUT2D eigenvalue weighted by molar-refractivity contribution is 7.90. The molecule has 0 atom stereocenters. The first-order chi connectivity index (χ1) is 20.5. The van der Waals surface area contributed by atoms with Gasteiger partial charge >= 0.3 is 0 Å². The van der Waals surface area contributed by atoms with Gasteiger partial charge in [0, 0.05) is 47.3 Å². The van der Waals surface area contributed by atoms with Crippen LogP contribution in [0.5, 0.6) is 0 Å². The van der Waals surface area contributed by atoms with Gasteiger partial charge in [0.05, 0.1) is 15.1 Å². The van der Waals surface area contributed by atoms with E-state index in [1.807, 2.05) is 66.7 Å². The summed E-state index contributed by atoms with van der Waals surface area (Å²) >= 11 is 1.65. The van der Waals surface area contributed by atoms with Crippen molar-refractivity contribution in [1.29, 1.82) is 0 Å². The summed E-state index contributed by atoms with van der Waals surface area (Å²) in [5.74, 6) is 2.49. The second kappa shape index (κ2) is 10.8. The Kier molecular flexibility index (Phi) is 6.79. The molecule has 0 N–H and O–H groups in total. The van der Waals surface area contributed by atoms with Crippen molar-refractivity contribution in [2.75, 3.05) is 24.2 Å². The minimum atomic E-state index is -3.34. The third-order valence-corrected chi connectivity index (χ3v) is 9.87. The molecule has 8 nitrogen and oxygen atoms in total. The molecule has 0 unspecified atom stereocenters. The number of piperidine rings is 1. The average Bonchev–Trinajstić information content (AvgIpc) is 3.70. The van der Waals surface area contributed by atoms with Crippen LogP contribution in [-0.2, 0) is 9.84 Å². The molecule has 7 rings (SSSR count). The predicted molar refractivity (Wildman–Crippen MR) is 165 cm³/mol. The second-order valence-corrected chi connectivity index (χ2v) is 13.3. The third kappa shape index (κ3) is 4.97. The van der Waals surface area contributed by atoms with Crippen molar-refractivity contribution in [3.63, 3.8) is 0 Å². The summed E-state index contributed by atoms with van der Waals surface area (Å²) in [6.07, 6.45) is 4.68. The number of benzene rings is 3. The van der Waals surface area contributed by atoms with E-state index in [0.29, 0.717) is 22.2 Å². The molecule has 42 heavy (non-hydrogen) atoms. The van der Waals surface area contributed by atoms with Gasteiger partial charge < -0.3 is 9.42 Å². The molecule has 0 spiro atoms. The van der Waals surface area contributed by atoms with Gasteiger partial charge in [-0.05, 0) is 30.0 Å². The van der Waals surface area contributed by atoms with Crippen LogP contribution in [0.4, 0.5) is 5.82 Å². The molecule has 3 aromatic carbocycles. The topological polar surface area (TPSA) is 102 Å². The van der Waals surface area contributed by atoms with Gasteiger partial charge in [0.2, 0.25) is 11.7 Å². The summed E-state index contributed by atoms with van der Waals surface area (Å²) in [4.78, 5) is 16.7. The van der Waals surface area contributed by atoms with Crippen LogP contribution in [0.3, 0.4) is 0 Å². The Balaban J connectivity index is 1.10. The lowest BCUT2D eigenvalue weighted by Crippen LogP contribution is -2.33. The molecule has 1 saturated heterocycles. The van der Waals surface area contributed by atoms with E-state index >= 15 is 0 Å². The standard InChI is InChI=1S/C32H27N5O3S2/c1-42(38,39)27-10-6-5-9-25(27)21-11-13-22(14-12-21)26-19-41-29-28(26)33-20-34-31(29)37-17-15-24(16-18-37)32-35-30(36-40-32)23-7-3-2-4-8-23/h2-14,19-20,24H,15-18H2,1H3. The summed E-state index contributed by atoms with van der Waals surface area (Å²) in [5.41, 5.74) is 5.49. The molecule has 0 saturated carbocycles. The monoisotopic (exact) mass is 593 g/mol. The van der Waals surface area contributed by atoms with E-state index in [1.165, 1.54) is 6.26 Å². The highest BCUT2D eigenvalue weighted by Gasteiger charge is 2.27. The summed E-state index contributed by atoms with van der Waals surface area (Å²) in [7, 11) is -3.34. The number of anilines is 1. The number of aromatic nitrogens is 4. The predicted octanol–water partition coefficient (Wildman–Crippen LogP) is 6.86. The maximum absolute atomic E-state index is 12.3. The third-order valence-electron chi connectivity index (χ3n) is 7.75. The first kappa shape index (κ1) is 26.5. The minimum Gasteiger partial charge on any atom is -0.355 e. The van der Waals surface area contributed by atoms with Crippen LogP contribution in [-0.4, -0.2) is 47.9 Å². The molecular formula is C32H27N5O3S2. The molecule has 1 fully saturated rings. The summed E-state index contributed by atoms with van der Waals surface area (Å²) in [6.45, 7) is 1.67. The number of hydrogen-bond donors (Lipinski definition) is 0. The molecule has 0 amide bonds. The smallest absolute Gasteiger partial charge is 0.230 e. The van der Waals surface area contributed by atoms with Crippen molar-refractivity contribution in [1.82, 2.24) is 20.1 Å². The van der Waals surface area contributed by atoms with Crippen molar-refractivity contribution in [2.45, 2.75) is 23.7 Å². The van der Waals surface area contributed by atoms with Gasteiger partial charge in [0.1, 0.15) is 12.1 Å². The average molecular weight is 594 g/mol. The number of fused-ring (bicyclic) bond motifs is 1. The zero-order valence-electron chi connectivity index (χ0n) is 22.8. The summed E-state index contributed by atoms with van der Waals surface area (Å²) < 4.78 is 31.3. The van der Waals surface area contributed by atoms with Crippen LogP contribution in [0, 0.1) is 0 Å². The van der Waals surface area contributed by atoms with Gasteiger partial charge in [-0.1, -0.05) is 78.0 Å². The fraction of sp³-hybridized carbons (Fsp3) is 0.188. The first-order valence-electron chi connectivity index (χ1n) is 13.7. The number of nitrogens with zero attached hydrogens (tertiary/aromatic N) is 5. The lowest BCUT2D eigenvalue weighted by molar-refractivity contribution is 0.329. The lowest BCUT2D eigenvalue weighted by atomic mass is 9.96. The largest absolute Gasteiger partial charge is 0.355 e. The van der Waals surface area contributed by atoms with E-state index in [2.05, 4.69) is 30.4 Å². The maximum Gasteiger partial charge on any atom is 0.230 e. The zero-order valence-corrected chi connectivity index (χ0v) is 24.5. The highest BCUT2D eigenvalue weighted by Crippen LogP contribution is 2.39. The molecule has 6 aromatic rings. The summed E-state index contributed by atoms with van der Waals surface area (Å²) in [6, 6.07) is 25.0. The molecule has 4 heterocycles. The van der Waals surface area contributed by atoms with E-state index in [1.54, 1.807) is 29.8 Å². The molecule has 10 heteroatoms. The highest BCUT2D eigenvalue weighted by atomic mass is 32.2. The quantitative estimate of drug-likeness (QED) is 0.206. The van der Waals surface area contributed by atoms with Gasteiger partial charge in [-0.15, -0.1) is 11.3 Å². The summed E-state index contributed by atoms with van der Waals surface area (Å²) in [5, 5.41) is 6.33. The Bertz CT molecular complexity index is 1980. The first-order valence-corrected chi connectivity index (χ1v) is 16.5. The van der Waals surface area contributed by atoms with Crippen LogP contribution in [0.25, 0.3) is 43.9 Å². The number of thiophene rings is 1. The second-order valence-electron chi connectivity index (χ2n) is 10.5. The SMILES string of the molecule is CS(=O)(=O)c1ccccc1-c1ccc(-c2csc3c(N4CCC(c5nc(-c6ccccc6)no5)CC4)ncnc23)cc1. The van der Waals surface area contributed by atoms with Crippen LogP contribution < -0.4 is 4.90 Å². The molecule has 0 radical (unpaired) electrons. The van der Waals surface area contributed by atoms with Gasteiger partial charge in [0.25, 0.3) is 0 Å². The van der Waals surface area contributed by atoms with Crippen LogP contribution in [0.2, 0.25) is 0 Å². The van der Waals surface area contributed by atoms with Crippen molar-refractivity contribution < 1.29 is 12.9 Å². The van der Waals surface area contributed by atoms with Crippen molar-refractivity contribution >= 4 is 37.2 Å². The van der Waals surface area contributed by atoms with Crippen molar-refractivity contribution in [2.24, 2.45) is 0 Å². The Labute approximate surface area is 247 Å². The Hall–Kier alpha value is -4.41. The van der Waals surface area contributed by atoms with Crippen LogP contribution in [0.1, 0.15) is 24.7 Å². The van der Waals surface area contributed by atoms with E-state index < -0.39 is 9.84 Å². The lowest BCUT2D eigenvalue weighted by Gasteiger charge is -2.31. The Morgan fingerprint density at radius 1 is 0.833 bits per heavy atom. The Morgan fingerprint density at radius 3 is 2.26 bits per heavy atom. The number of hydrogen-bond acceptors (Lipinski definition) is 9. The van der Waals surface area contributed by atoms with Gasteiger partial charge in [-0.25, -0.2) is 18.4 Å². The molecule has 3 aromatic heterocycles. The fourth-order valence-corrected chi connectivity index (χ4v) is 7.53. The fourth-order valence-electron chi connectivity index (χ4n) is 5.57. The van der Waals surface area contributed by atoms with Gasteiger partial charge in [-0.3, -0.25) is 0 Å². The minimum absolute atomic E-state index is 0.216. The van der Waals surface area contributed by atoms with Crippen LogP contribution in [0.15, 0.2) is 100.0 Å². The van der Waals surface area contributed by atoms with Gasteiger partial charge in [0.15, 0.2) is 9.84 Å². The van der Waals surface area contributed by atoms with E-state index in [9.17, 15) is 8.42 Å². The van der Waals surface area contributed by atoms with E-state index in [-0.39, 0.29) is 5.92 Å². The van der Waals surface area contributed by atoms with Gasteiger partial charge in [-0.2, -0.15) is 4.98 Å². The molecule has 210 valence electrons. The van der Waals surface area contributed by atoms with Crippen LogP contribution >= 0.6 is 11.3 Å². The van der Waals surface area contributed by atoms with E-state index in [4.69, 9.17) is 4.52 Å². The molecular weight excluding hydrogens is 567 g/mol. The Morgan fingerprint density at radius 2 is 1.52 bits per heavy atom. The molecule has 1 aliphatic heterocycles. The normalized spacial score (nSPS) is 14.5. The molecule has 1 aliphatic rings. The number of rotatable bonds is 6. The zero-order chi connectivity index (χ0) is 28.7. The molecule has 0 aliphatic carbocycles. The van der Waals surface area contributed by atoms with E-state index in [0.717, 1.165) is 64.2 Å².